The number of benzene rings is 1. The fraction of sp³-hybridized carbons (Fsp3) is 0.273. The normalized spacial score (nSPS) is 17.1. The van der Waals surface area contributed by atoms with Crippen LogP contribution >= 0.6 is 0 Å². The van der Waals surface area contributed by atoms with Gasteiger partial charge in [0.1, 0.15) is 12.1 Å². The molecular weight excluding hydrogens is 199 g/mol. The molecule has 2 rings (SSSR count). The monoisotopic (exact) mass is 208 g/mol. The van der Waals surface area contributed by atoms with Crippen molar-refractivity contribution in [2.75, 3.05) is 0 Å². The van der Waals surface area contributed by atoms with E-state index >= 15 is 0 Å². The van der Waals surface area contributed by atoms with Crippen molar-refractivity contribution in [2.24, 2.45) is 0 Å². The van der Waals surface area contributed by atoms with Crippen LogP contribution < -0.4 is 0 Å². The SMILES string of the molecule is O=Cc1cc(F)ccc1C1(C(=O)O)CC1. The molecule has 0 aromatic heterocycles. The van der Waals surface area contributed by atoms with Crippen LogP contribution in [0.15, 0.2) is 18.2 Å². The van der Waals surface area contributed by atoms with E-state index < -0.39 is 17.2 Å². The van der Waals surface area contributed by atoms with Crippen LogP contribution in [0.4, 0.5) is 4.39 Å². The summed E-state index contributed by atoms with van der Waals surface area (Å²) >= 11 is 0. The Bertz CT molecular complexity index is 435. The first kappa shape index (κ1) is 9.83. The highest BCUT2D eigenvalue weighted by molar-refractivity contribution is 5.89. The molecule has 0 unspecified atom stereocenters. The Morgan fingerprint density at radius 1 is 1.47 bits per heavy atom. The molecular formula is C11H9FO3. The Morgan fingerprint density at radius 3 is 2.60 bits per heavy atom. The summed E-state index contributed by atoms with van der Waals surface area (Å²) in [5.41, 5.74) is -0.398. The van der Waals surface area contributed by atoms with E-state index in [1.54, 1.807) is 0 Å². The van der Waals surface area contributed by atoms with E-state index in [1.165, 1.54) is 12.1 Å². The topological polar surface area (TPSA) is 54.4 Å². The number of hydrogen-bond donors (Lipinski definition) is 1. The van der Waals surface area contributed by atoms with Gasteiger partial charge in [0.05, 0.1) is 5.41 Å². The predicted octanol–water partition coefficient (Wildman–Crippen LogP) is 1.75. The first-order chi connectivity index (χ1) is 7.10. The van der Waals surface area contributed by atoms with E-state index in [2.05, 4.69) is 0 Å². The largest absolute Gasteiger partial charge is 0.481 e. The van der Waals surface area contributed by atoms with Gasteiger partial charge in [0.15, 0.2) is 0 Å². The number of rotatable bonds is 3. The molecule has 1 aromatic carbocycles. The fourth-order valence-corrected chi connectivity index (χ4v) is 1.79. The fourth-order valence-electron chi connectivity index (χ4n) is 1.79. The van der Waals surface area contributed by atoms with E-state index in [4.69, 9.17) is 5.11 Å². The minimum atomic E-state index is -0.954. The molecule has 4 heteroatoms. The van der Waals surface area contributed by atoms with Gasteiger partial charge in [0, 0.05) is 5.56 Å². The Hall–Kier alpha value is -1.71. The zero-order valence-electron chi connectivity index (χ0n) is 7.87. The molecule has 1 aliphatic rings. The highest BCUT2D eigenvalue weighted by atomic mass is 19.1. The molecule has 0 bridgehead atoms. The Morgan fingerprint density at radius 2 is 2.13 bits per heavy atom. The number of carboxylic acid groups (broad SMARTS) is 1. The molecule has 1 aromatic rings. The third-order valence-corrected chi connectivity index (χ3v) is 2.82. The third-order valence-electron chi connectivity index (χ3n) is 2.82. The number of aldehydes is 1. The molecule has 0 saturated heterocycles. The van der Waals surface area contributed by atoms with Crippen molar-refractivity contribution in [3.63, 3.8) is 0 Å². The number of aliphatic carboxylic acids is 1. The highest BCUT2D eigenvalue weighted by Crippen LogP contribution is 2.49. The van der Waals surface area contributed by atoms with Crippen molar-refractivity contribution in [3.8, 4) is 0 Å². The molecule has 1 fully saturated rings. The first-order valence-electron chi connectivity index (χ1n) is 4.59. The second-order valence-corrected chi connectivity index (χ2v) is 3.74. The predicted molar refractivity (Wildman–Crippen MR) is 50.3 cm³/mol. The smallest absolute Gasteiger partial charge is 0.314 e. The van der Waals surface area contributed by atoms with Crippen LogP contribution in [-0.2, 0) is 10.2 Å². The molecule has 1 saturated carbocycles. The van der Waals surface area contributed by atoms with Gasteiger partial charge >= 0.3 is 5.97 Å². The van der Waals surface area contributed by atoms with Crippen LogP contribution in [0.25, 0.3) is 0 Å². The number of carbonyl (C=O) groups excluding carboxylic acids is 1. The molecule has 0 radical (unpaired) electrons. The summed E-state index contributed by atoms with van der Waals surface area (Å²) in [5, 5.41) is 9.04. The summed E-state index contributed by atoms with van der Waals surface area (Å²) in [4.78, 5) is 21.7. The van der Waals surface area contributed by atoms with Gasteiger partial charge in [0.2, 0.25) is 0 Å². The average molecular weight is 208 g/mol. The number of carbonyl (C=O) groups is 2. The quantitative estimate of drug-likeness (QED) is 0.770. The molecule has 78 valence electrons. The van der Waals surface area contributed by atoms with E-state index in [-0.39, 0.29) is 5.56 Å². The lowest BCUT2D eigenvalue weighted by atomic mass is 9.92. The van der Waals surface area contributed by atoms with Gasteiger partial charge in [-0.1, -0.05) is 6.07 Å². The van der Waals surface area contributed by atoms with Crippen molar-refractivity contribution in [3.05, 3.63) is 35.1 Å². The second kappa shape index (κ2) is 3.15. The van der Waals surface area contributed by atoms with Gasteiger partial charge < -0.3 is 5.11 Å². The van der Waals surface area contributed by atoms with Gasteiger partial charge in [-0.25, -0.2) is 4.39 Å². The van der Waals surface area contributed by atoms with Gasteiger partial charge in [-0.15, -0.1) is 0 Å². The number of halogens is 1. The van der Waals surface area contributed by atoms with Gasteiger partial charge in [0.25, 0.3) is 0 Å². The second-order valence-electron chi connectivity index (χ2n) is 3.74. The summed E-state index contributed by atoms with van der Waals surface area (Å²) in [7, 11) is 0. The Kier molecular flexibility index (Phi) is 2.07. The van der Waals surface area contributed by atoms with Crippen LogP contribution in [-0.4, -0.2) is 17.4 Å². The standard InChI is InChI=1S/C11H9FO3/c12-8-1-2-9(7(5-8)6-13)11(3-4-11)10(14)15/h1-2,5-6H,3-4H2,(H,14,15). The van der Waals surface area contributed by atoms with Gasteiger partial charge in [-0.05, 0) is 30.5 Å². The van der Waals surface area contributed by atoms with E-state index in [9.17, 15) is 14.0 Å². The van der Waals surface area contributed by atoms with Crippen molar-refractivity contribution in [2.45, 2.75) is 18.3 Å². The molecule has 0 atom stereocenters. The maximum Gasteiger partial charge on any atom is 0.314 e. The summed E-state index contributed by atoms with van der Waals surface area (Å²) in [6, 6.07) is 3.65. The summed E-state index contributed by atoms with van der Waals surface area (Å²) in [6.45, 7) is 0. The van der Waals surface area contributed by atoms with Crippen LogP contribution in [0.2, 0.25) is 0 Å². The Balaban J connectivity index is 2.53. The lowest BCUT2D eigenvalue weighted by molar-refractivity contribution is -0.140. The minimum Gasteiger partial charge on any atom is -0.481 e. The maximum absolute atomic E-state index is 12.8. The Labute approximate surface area is 85.5 Å². The average Bonchev–Trinajstić information content (AvgIpc) is 2.98. The molecule has 0 aliphatic heterocycles. The zero-order valence-corrected chi connectivity index (χ0v) is 7.87. The van der Waals surface area contributed by atoms with Crippen molar-refractivity contribution in [1.29, 1.82) is 0 Å². The van der Waals surface area contributed by atoms with Crippen LogP contribution in [0.5, 0.6) is 0 Å². The van der Waals surface area contributed by atoms with E-state index in [1.807, 2.05) is 0 Å². The molecule has 1 N–H and O–H groups in total. The third kappa shape index (κ3) is 1.42. The lowest BCUT2D eigenvalue weighted by Crippen LogP contribution is -2.21. The van der Waals surface area contributed by atoms with Gasteiger partial charge in [-0.3, -0.25) is 9.59 Å². The van der Waals surface area contributed by atoms with Crippen molar-refractivity contribution in [1.82, 2.24) is 0 Å². The maximum atomic E-state index is 12.8. The van der Waals surface area contributed by atoms with Crippen LogP contribution in [0.3, 0.4) is 0 Å². The number of hydrogen-bond acceptors (Lipinski definition) is 2. The molecule has 3 nitrogen and oxygen atoms in total. The summed E-state index contributed by atoms with van der Waals surface area (Å²) < 4.78 is 12.8. The lowest BCUT2D eigenvalue weighted by Gasteiger charge is -2.12. The summed E-state index contributed by atoms with van der Waals surface area (Å²) in [5.74, 6) is -1.47. The van der Waals surface area contributed by atoms with Crippen molar-refractivity contribution >= 4 is 12.3 Å². The zero-order chi connectivity index (χ0) is 11.1. The highest BCUT2D eigenvalue weighted by Gasteiger charge is 2.52. The van der Waals surface area contributed by atoms with Crippen LogP contribution in [0.1, 0.15) is 28.8 Å². The van der Waals surface area contributed by atoms with Crippen molar-refractivity contribution < 1.29 is 19.1 Å². The number of carboxylic acids is 1. The van der Waals surface area contributed by atoms with Crippen LogP contribution in [0, 0.1) is 5.82 Å². The molecule has 0 amide bonds. The minimum absolute atomic E-state index is 0.134. The molecule has 0 heterocycles. The summed E-state index contributed by atoms with van der Waals surface area (Å²) in [6.07, 6.45) is 1.52. The molecule has 15 heavy (non-hydrogen) atoms. The first-order valence-corrected chi connectivity index (χ1v) is 4.59. The molecule has 1 aliphatic carbocycles. The molecule has 0 spiro atoms. The van der Waals surface area contributed by atoms with Gasteiger partial charge in [-0.2, -0.15) is 0 Å². The van der Waals surface area contributed by atoms with E-state index in [0.717, 1.165) is 6.07 Å². The van der Waals surface area contributed by atoms with E-state index in [0.29, 0.717) is 24.7 Å².